The molecule has 126 valence electrons. The molecule has 0 radical (unpaired) electrons. The molecule has 25 heavy (non-hydrogen) atoms. The number of benzene rings is 2. The first-order chi connectivity index (χ1) is 12.1. The van der Waals surface area contributed by atoms with E-state index in [1.807, 2.05) is 0 Å². The standard InChI is InChI=1S/C19H15FN2O3/c20-15-3-1-4-16(11-15)22-19(24)14-8-6-13(7-9-14)18(23)21-12-17-5-2-10-25-17/h1-11H,12H2,(H,21,23)(H,22,24). The van der Waals surface area contributed by atoms with Gasteiger partial charge >= 0.3 is 0 Å². The average molecular weight is 338 g/mol. The molecule has 0 aliphatic heterocycles. The molecule has 0 bridgehead atoms. The number of anilines is 1. The highest BCUT2D eigenvalue weighted by Crippen LogP contribution is 2.12. The second-order valence-corrected chi connectivity index (χ2v) is 5.30. The lowest BCUT2D eigenvalue weighted by Crippen LogP contribution is -2.22. The number of furan rings is 1. The van der Waals surface area contributed by atoms with Crippen LogP contribution in [0.1, 0.15) is 26.5 Å². The Morgan fingerprint density at radius 1 is 0.920 bits per heavy atom. The van der Waals surface area contributed by atoms with Crippen molar-refractivity contribution >= 4 is 17.5 Å². The number of carbonyl (C=O) groups is 2. The fourth-order valence-corrected chi connectivity index (χ4v) is 2.23. The summed E-state index contributed by atoms with van der Waals surface area (Å²) < 4.78 is 18.3. The van der Waals surface area contributed by atoms with E-state index in [0.717, 1.165) is 0 Å². The van der Waals surface area contributed by atoms with Gasteiger partial charge in [-0.15, -0.1) is 0 Å². The van der Waals surface area contributed by atoms with Gasteiger partial charge in [0.25, 0.3) is 11.8 Å². The Bertz CT molecular complexity index is 874. The van der Waals surface area contributed by atoms with Crippen molar-refractivity contribution in [3.05, 3.63) is 89.6 Å². The first-order valence-electron chi connectivity index (χ1n) is 7.59. The van der Waals surface area contributed by atoms with Crippen LogP contribution in [0.25, 0.3) is 0 Å². The molecule has 2 amide bonds. The zero-order chi connectivity index (χ0) is 17.6. The Balaban J connectivity index is 1.61. The normalized spacial score (nSPS) is 10.3. The topological polar surface area (TPSA) is 71.3 Å². The van der Waals surface area contributed by atoms with E-state index in [0.29, 0.717) is 22.6 Å². The molecule has 5 nitrogen and oxygen atoms in total. The van der Waals surface area contributed by atoms with Gasteiger partial charge < -0.3 is 15.1 Å². The predicted molar refractivity (Wildman–Crippen MR) is 90.7 cm³/mol. The van der Waals surface area contributed by atoms with Crippen molar-refractivity contribution in [3.8, 4) is 0 Å². The van der Waals surface area contributed by atoms with Gasteiger partial charge in [-0.25, -0.2) is 4.39 Å². The zero-order valence-corrected chi connectivity index (χ0v) is 13.2. The molecule has 0 saturated heterocycles. The van der Waals surface area contributed by atoms with Crippen LogP contribution >= 0.6 is 0 Å². The molecular formula is C19H15FN2O3. The first kappa shape index (κ1) is 16.4. The van der Waals surface area contributed by atoms with Crippen LogP contribution in [0.2, 0.25) is 0 Å². The minimum absolute atomic E-state index is 0.270. The van der Waals surface area contributed by atoms with Crippen LogP contribution in [0.5, 0.6) is 0 Å². The van der Waals surface area contributed by atoms with Crippen LogP contribution in [0, 0.1) is 5.82 Å². The lowest BCUT2D eigenvalue weighted by atomic mass is 10.1. The molecule has 2 N–H and O–H groups in total. The molecule has 0 unspecified atom stereocenters. The zero-order valence-electron chi connectivity index (χ0n) is 13.2. The van der Waals surface area contributed by atoms with Crippen LogP contribution in [-0.4, -0.2) is 11.8 Å². The van der Waals surface area contributed by atoms with Crippen LogP contribution in [0.3, 0.4) is 0 Å². The van der Waals surface area contributed by atoms with Crippen LogP contribution in [-0.2, 0) is 6.54 Å². The number of nitrogens with one attached hydrogen (secondary N) is 2. The van der Waals surface area contributed by atoms with Gasteiger partial charge in [-0.1, -0.05) is 6.07 Å². The number of carbonyl (C=O) groups excluding carboxylic acids is 2. The average Bonchev–Trinajstić information content (AvgIpc) is 3.13. The van der Waals surface area contributed by atoms with Crippen molar-refractivity contribution in [1.29, 1.82) is 0 Å². The highest BCUT2D eigenvalue weighted by atomic mass is 19.1. The van der Waals surface area contributed by atoms with E-state index in [1.54, 1.807) is 30.3 Å². The fraction of sp³-hybridized carbons (Fsp3) is 0.0526. The number of rotatable bonds is 5. The Hall–Kier alpha value is -3.41. The van der Waals surface area contributed by atoms with Crippen LogP contribution < -0.4 is 10.6 Å². The molecule has 0 spiro atoms. The maximum atomic E-state index is 13.1. The lowest BCUT2D eigenvalue weighted by Gasteiger charge is -2.07. The molecule has 0 aliphatic carbocycles. The Labute approximate surface area is 143 Å². The van der Waals surface area contributed by atoms with Gasteiger partial charge in [0.15, 0.2) is 0 Å². The monoisotopic (exact) mass is 338 g/mol. The first-order valence-corrected chi connectivity index (χ1v) is 7.59. The van der Waals surface area contributed by atoms with Crippen molar-refractivity contribution in [3.63, 3.8) is 0 Å². The third kappa shape index (κ3) is 4.32. The highest BCUT2D eigenvalue weighted by Gasteiger charge is 2.10. The van der Waals surface area contributed by atoms with E-state index < -0.39 is 5.82 Å². The quantitative estimate of drug-likeness (QED) is 0.747. The smallest absolute Gasteiger partial charge is 0.255 e. The Morgan fingerprint density at radius 3 is 2.28 bits per heavy atom. The van der Waals surface area contributed by atoms with E-state index in [9.17, 15) is 14.0 Å². The number of halogens is 1. The van der Waals surface area contributed by atoms with Gasteiger partial charge in [0.05, 0.1) is 12.8 Å². The van der Waals surface area contributed by atoms with Gasteiger partial charge in [0, 0.05) is 16.8 Å². The summed E-state index contributed by atoms with van der Waals surface area (Å²) in [6.07, 6.45) is 1.54. The highest BCUT2D eigenvalue weighted by molar-refractivity contribution is 6.05. The minimum atomic E-state index is -0.429. The van der Waals surface area contributed by atoms with Gasteiger partial charge in [-0.05, 0) is 54.6 Å². The predicted octanol–water partition coefficient (Wildman–Crippen LogP) is 3.60. The molecular weight excluding hydrogens is 323 g/mol. The molecule has 1 aromatic heterocycles. The fourth-order valence-electron chi connectivity index (χ4n) is 2.23. The second-order valence-electron chi connectivity index (χ2n) is 5.30. The Kier molecular flexibility index (Phi) is 4.89. The number of hydrogen-bond acceptors (Lipinski definition) is 3. The van der Waals surface area contributed by atoms with E-state index in [2.05, 4.69) is 10.6 Å². The van der Waals surface area contributed by atoms with Crippen molar-refractivity contribution < 1.29 is 18.4 Å². The summed E-state index contributed by atoms with van der Waals surface area (Å²) in [4.78, 5) is 24.2. The molecule has 6 heteroatoms. The lowest BCUT2D eigenvalue weighted by molar-refractivity contribution is 0.0946. The van der Waals surface area contributed by atoms with Crippen molar-refractivity contribution in [2.45, 2.75) is 6.54 Å². The molecule has 0 aliphatic rings. The SMILES string of the molecule is O=C(NCc1ccco1)c1ccc(C(=O)Nc2cccc(F)c2)cc1. The van der Waals surface area contributed by atoms with Crippen molar-refractivity contribution in [2.75, 3.05) is 5.32 Å². The summed E-state index contributed by atoms with van der Waals surface area (Å²) in [7, 11) is 0. The molecule has 3 rings (SSSR count). The van der Waals surface area contributed by atoms with E-state index in [1.165, 1.54) is 36.6 Å². The third-order valence-electron chi connectivity index (χ3n) is 3.50. The van der Waals surface area contributed by atoms with Gasteiger partial charge in [-0.3, -0.25) is 9.59 Å². The molecule has 0 saturated carbocycles. The number of hydrogen-bond donors (Lipinski definition) is 2. The maximum Gasteiger partial charge on any atom is 0.255 e. The second kappa shape index (κ2) is 7.44. The van der Waals surface area contributed by atoms with Gasteiger partial charge in [0.1, 0.15) is 11.6 Å². The van der Waals surface area contributed by atoms with Crippen molar-refractivity contribution in [1.82, 2.24) is 5.32 Å². The van der Waals surface area contributed by atoms with Gasteiger partial charge in [0.2, 0.25) is 0 Å². The summed E-state index contributed by atoms with van der Waals surface area (Å²) >= 11 is 0. The molecule has 3 aromatic rings. The molecule has 0 fully saturated rings. The molecule has 2 aromatic carbocycles. The summed E-state index contributed by atoms with van der Waals surface area (Å²) in [5.41, 5.74) is 1.16. The van der Waals surface area contributed by atoms with E-state index in [-0.39, 0.29) is 18.4 Å². The molecule has 1 heterocycles. The summed E-state index contributed by atoms with van der Waals surface area (Å²) in [6, 6.07) is 15.3. The molecule has 0 atom stereocenters. The summed E-state index contributed by atoms with van der Waals surface area (Å²) in [5.74, 6) is -0.428. The maximum absolute atomic E-state index is 13.1. The minimum Gasteiger partial charge on any atom is -0.467 e. The van der Waals surface area contributed by atoms with E-state index >= 15 is 0 Å². The number of amides is 2. The third-order valence-corrected chi connectivity index (χ3v) is 3.50. The van der Waals surface area contributed by atoms with Gasteiger partial charge in [-0.2, -0.15) is 0 Å². The summed E-state index contributed by atoms with van der Waals surface area (Å²) in [6.45, 7) is 0.285. The van der Waals surface area contributed by atoms with Crippen LogP contribution in [0.15, 0.2) is 71.3 Å². The van der Waals surface area contributed by atoms with E-state index in [4.69, 9.17) is 4.42 Å². The largest absolute Gasteiger partial charge is 0.467 e. The Morgan fingerprint density at radius 2 is 1.64 bits per heavy atom. The van der Waals surface area contributed by atoms with Crippen LogP contribution in [0.4, 0.5) is 10.1 Å². The van der Waals surface area contributed by atoms with Crippen molar-refractivity contribution in [2.24, 2.45) is 0 Å². The summed E-state index contributed by atoms with van der Waals surface area (Å²) in [5, 5.41) is 5.32.